The van der Waals surface area contributed by atoms with Crippen molar-refractivity contribution >= 4 is 11.6 Å². The summed E-state index contributed by atoms with van der Waals surface area (Å²) >= 11 is 0. The van der Waals surface area contributed by atoms with Gasteiger partial charge < -0.3 is 4.90 Å². The van der Waals surface area contributed by atoms with Crippen molar-refractivity contribution in [1.29, 1.82) is 0 Å². The van der Waals surface area contributed by atoms with Crippen LogP contribution in [-0.2, 0) is 11.3 Å². The Labute approximate surface area is 120 Å². The number of para-hydroxylation sites is 1. The lowest BCUT2D eigenvalue weighted by molar-refractivity contribution is -0.125. The van der Waals surface area contributed by atoms with E-state index >= 15 is 0 Å². The molecule has 0 saturated heterocycles. The van der Waals surface area contributed by atoms with Gasteiger partial charge in [0.1, 0.15) is 0 Å². The molecule has 1 heterocycles. The van der Waals surface area contributed by atoms with E-state index in [0.29, 0.717) is 6.54 Å². The average Bonchev–Trinajstić information content (AvgIpc) is 2.44. The molecule has 0 unspecified atom stereocenters. The summed E-state index contributed by atoms with van der Waals surface area (Å²) in [5, 5.41) is 0. The molecule has 20 heavy (non-hydrogen) atoms. The molecular weight excluding hydrogens is 246 g/mol. The standard InChI is InChI=1S/C18H19NO/c1-18(2,3)17(20)19-12-13-8-4-5-9-14(13)15-10-6-7-11-16(15)19/h4-11H,12H2,1-3H3. The van der Waals surface area contributed by atoms with Gasteiger partial charge in [0, 0.05) is 11.0 Å². The van der Waals surface area contributed by atoms with Crippen LogP contribution in [0.4, 0.5) is 5.69 Å². The largest absolute Gasteiger partial charge is 0.307 e. The maximum Gasteiger partial charge on any atom is 0.232 e. The smallest absolute Gasteiger partial charge is 0.232 e. The SMILES string of the molecule is CC(C)(C)C(=O)N1Cc2ccccc2-c2ccccc21. The molecule has 3 rings (SSSR count). The van der Waals surface area contributed by atoms with Gasteiger partial charge in [-0.15, -0.1) is 0 Å². The van der Waals surface area contributed by atoms with Crippen molar-refractivity contribution in [2.75, 3.05) is 4.90 Å². The van der Waals surface area contributed by atoms with Crippen molar-refractivity contribution in [3.63, 3.8) is 0 Å². The minimum Gasteiger partial charge on any atom is -0.307 e. The molecule has 2 aromatic rings. The Bertz CT molecular complexity index is 667. The lowest BCUT2D eigenvalue weighted by Crippen LogP contribution is -2.40. The van der Waals surface area contributed by atoms with E-state index < -0.39 is 0 Å². The summed E-state index contributed by atoms with van der Waals surface area (Å²) in [7, 11) is 0. The van der Waals surface area contributed by atoms with E-state index in [9.17, 15) is 4.79 Å². The van der Waals surface area contributed by atoms with Gasteiger partial charge >= 0.3 is 0 Å². The van der Waals surface area contributed by atoms with Gasteiger partial charge in [0.2, 0.25) is 5.91 Å². The quantitative estimate of drug-likeness (QED) is 0.697. The van der Waals surface area contributed by atoms with Crippen LogP contribution >= 0.6 is 0 Å². The Kier molecular flexibility index (Phi) is 2.89. The Balaban J connectivity index is 2.16. The van der Waals surface area contributed by atoms with Crippen LogP contribution in [0.2, 0.25) is 0 Å². The van der Waals surface area contributed by atoms with E-state index in [1.54, 1.807) is 0 Å². The van der Waals surface area contributed by atoms with E-state index in [4.69, 9.17) is 0 Å². The van der Waals surface area contributed by atoms with E-state index in [0.717, 1.165) is 11.3 Å². The number of nitrogens with zero attached hydrogens (tertiary/aromatic N) is 1. The van der Waals surface area contributed by atoms with Crippen molar-refractivity contribution in [3.8, 4) is 11.1 Å². The summed E-state index contributed by atoms with van der Waals surface area (Å²) in [4.78, 5) is 14.6. The summed E-state index contributed by atoms with van der Waals surface area (Å²) < 4.78 is 0. The van der Waals surface area contributed by atoms with Crippen molar-refractivity contribution in [2.45, 2.75) is 27.3 Å². The van der Waals surface area contributed by atoms with Crippen LogP contribution in [0, 0.1) is 5.41 Å². The van der Waals surface area contributed by atoms with Gasteiger partial charge in [-0.25, -0.2) is 0 Å². The zero-order valence-electron chi connectivity index (χ0n) is 12.2. The summed E-state index contributed by atoms with van der Waals surface area (Å²) in [5.74, 6) is 0.166. The third kappa shape index (κ3) is 2.01. The number of fused-ring (bicyclic) bond motifs is 3. The Morgan fingerprint density at radius 3 is 2.25 bits per heavy atom. The normalized spacial score (nSPS) is 13.7. The van der Waals surface area contributed by atoms with Crippen LogP contribution in [0.3, 0.4) is 0 Å². The molecule has 2 nitrogen and oxygen atoms in total. The molecule has 1 amide bonds. The highest BCUT2D eigenvalue weighted by molar-refractivity contribution is 6.02. The highest BCUT2D eigenvalue weighted by Gasteiger charge is 2.32. The molecule has 0 fully saturated rings. The van der Waals surface area contributed by atoms with Crippen LogP contribution < -0.4 is 4.90 Å². The topological polar surface area (TPSA) is 20.3 Å². The van der Waals surface area contributed by atoms with E-state index in [1.807, 2.05) is 49.9 Å². The number of rotatable bonds is 0. The number of amides is 1. The number of hydrogen-bond acceptors (Lipinski definition) is 1. The molecule has 1 aliphatic rings. The molecular formula is C18H19NO. The molecule has 0 atom stereocenters. The third-order valence-electron chi connectivity index (χ3n) is 3.72. The minimum absolute atomic E-state index is 0.166. The van der Waals surface area contributed by atoms with Gasteiger partial charge in [-0.1, -0.05) is 63.2 Å². The van der Waals surface area contributed by atoms with Gasteiger partial charge in [0.25, 0.3) is 0 Å². The first-order chi connectivity index (χ1) is 9.48. The molecule has 0 spiro atoms. The fraction of sp³-hybridized carbons (Fsp3) is 0.278. The van der Waals surface area contributed by atoms with Gasteiger partial charge in [-0.2, -0.15) is 0 Å². The third-order valence-corrected chi connectivity index (χ3v) is 3.72. The maximum absolute atomic E-state index is 12.7. The van der Waals surface area contributed by atoms with Crippen molar-refractivity contribution < 1.29 is 4.79 Å². The van der Waals surface area contributed by atoms with Gasteiger partial charge in [0.05, 0.1) is 12.2 Å². The first kappa shape index (κ1) is 12.9. The fourth-order valence-corrected chi connectivity index (χ4v) is 2.70. The van der Waals surface area contributed by atoms with Crippen molar-refractivity contribution in [1.82, 2.24) is 0 Å². The van der Waals surface area contributed by atoms with Crippen LogP contribution in [-0.4, -0.2) is 5.91 Å². The minimum atomic E-state index is -0.376. The van der Waals surface area contributed by atoms with Crippen molar-refractivity contribution in [2.24, 2.45) is 5.41 Å². The monoisotopic (exact) mass is 265 g/mol. The van der Waals surface area contributed by atoms with E-state index in [2.05, 4.69) is 24.3 Å². The lowest BCUT2D eigenvalue weighted by Gasteiger charge is -2.35. The van der Waals surface area contributed by atoms with Crippen LogP contribution in [0.1, 0.15) is 26.3 Å². The zero-order valence-corrected chi connectivity index (χ0v) is 12.2. The molecule has 0 radical (unpaired) electrons. The van der Waals surface area contributed by atoms with Crippen LogP contribution in [0.5, 0.6) is 0 Å². The first-order valence-electron chi connectivity index (χ1n) is 6.98. The molecule has 2 heteroatoms. The zero-order chi connectivity index (χ0) is 14.3. The molecule has 1 aliphatic heterocycles. The highest BCUT2D eigenvalue weighted by atomic mass is 16.2. The summed E-state index contributed by atoms with van der Waals surface area (Å²) in [5.41, 5.74) is 4.24. The molecule has 0 aliphatic carbocycles. The average molecular weight is 265 g/mol. The molecule has 102 valence electrons. The Morgan fingerprint density at radius 1 is 0.950 bits per heavy atom. The summed E-state index contributed by atoms with van der Waals surface area (Å²) in [6.45, 7) is 6.57. The summed E-state index contributed by atoms with van der Waals surface area (Å²) in [6.07, 6.45) is 0. The number of hydrogen-bond donors (Lipinski definition) is 0. The fourth-order valence-electron chi connectivity index (χ4n) is 2.70. The number of carbonyl (C=O) groups excluding carboxylic acids is 1. The highest BCUT2D eigenvalue weighted by Crippen LogP contribution is 2.40. The van der Waals surface area contributed by atoms with E-state index in [-0.39, 0.29) is 11.3 Å². The number of carbonyl (C=O) groups is 1. The molecule has 0 N–H and O–H groups in total. The Morgan fingerprint density at radius 2 is 1.55 bits per heavy atom. The van der Waals surface area contributed by atoms with Crippen molar-refractivity contribution in [3.05, 3.63) is 54.1 Å². The second-order valence-electron chi connectivity index (χ2n) is 6.32. The van der Waals surface area contributed by atoms with Crippen LogP contribution in [0.15, 0.2) is 48.5 Å². The predicted octanol–water partition coefficient (Wildman–Crippen LogP) is 4.25. The maximum atomic E-state index is 12.7. The number of benzene rings is 2. The second-order valence-corrected chi connectivity index (χ2v) is 6.32. The predicted molar refractivity (Wildman–Crippen MR) is 82.5 cm³/mol. The molecule has 2 aromatic carbocycles. The Hall–Kier alpha value is -2.09. The van der Waals surface area contributed by atoms with Crippen LogP contribution in [0.25, 0.3) is 11.1 Å². The molecule has 0 aromatic heterocycles. The molecule has 0 bridgehead atoms. The van der Waals surface area contributed by atoms with Gasteiger partial charge in [-0.05, 0) is 17.2 Å². The van der Waals surface area contributed by atoms with Gasteiger partial charge in [0.15, 0.2) is 0 Å². The molecule has 0 saturated carbocycles. The van der Waals surface area contributed by atoms with Gasteiger partial charge in [-0.3, -0.25) is 4.79 Å². The number of anilines is 1. The first-order valence-corrected chi connectivity index (χ1v) is 6.98. The second kappa shape index (κ2) is 4.48. The summed E-state index contributed by atoms with van der Waals surface area (Å²) in [6, 6.07) is 16.5. The lowest BCUT2D eigenvalue weighted by atomic mass is 9.89. The van der Waals surface area contributed by atoms with E-state index in [1.165, 1.54) is 11.1 Å².